The molecule has 0 bridgehead atoms. The molecular weight excluding hydrogens is 353 g/mol. The summed E-state index contributed by atoms with van der Waals surface area (Å²) in [5.41, 5.74) is 2.88. The highest BCUT2D eigenvalue weighted by molar-refractivity contribution is 14.1. The zero-order chi connectivity index (χ0) is 13.8. The van der Waals surface area contributed by atoms with Gasteiger partial charge in [-0.15, -0.1) is 0 Å². The lowest BCUT2D eigenvalue weighted by molar-refractivity contribution is 0.0514. The molecule has 0 unspecified atom stereocenters. The number of esters is 1. The lowest BCUT2D eigenvalue weighted by atomic mass is 10.2. The van der Waals surface area contributed by atoms with Crippen LogP contribution in [0.4, 0.5) is 0 Å². The molecule has 2 aromatic rings. The number of ether oxygens (including phenoxy) is 1. The first kappa shape index (κ1) is 14.1. The van der Waals surface area contributed by atoms with Crippen molar-refractivity contribution in [2.75, 3.05) is 6.61 Å². The van der Waals surface area contributed by atoms with Crippen LogP contribution in [0.15, 0.2) is 36.4 Å². The van der Waals surface area contributed by atoms with Crippen molar-refractivity contribution < 1.29 is 9.53 Å². The fourth-order valence-corrected chi connectivity index (χ4v) is 2.54. The van der Waals surface area contributed by atoms with E-state index in [-0.39, 0.29) is 5.97 Å². The minimum absolute atomic E-state index is 0.260. The minimum Gasteiger partial charge on any atom is -0.461 e. The Labute approximate surface area is 126 Å². The molecule has 0 aliphatic carbocycles. The van der Waals surface area contributed by atoms with E-state index >= 15 is 0 Å². The van der Waals surface area contributed by atoms with Crippen LogP contribution in [-0.4, -0.2) is 17.1 Å². The van der Waals surface area contributed by atoms with Crippen molar-refractivity contribution >= 4 is 28.6 Å². The highest BCUT2D eigenvalue weighted by atomic mass is 127. The summed E-state index contributed by atoms with van der Waals surface area (Å²) in [6, 6.07) is 12.0. The number of halogens is 1. The van der Waals surface area contributed by atoms with E-state index < -0.39 is 0 Å². The van der Waals surface area contributed by atoms with E-state index in [0.717, 1.165) is 9.26 Å². The fourth-order valence-electron chi connectivity index (χ4n) is 1.96. The third kappa shape index (κ3) is 3.18. The van der Waals surface area contributed by atoms with Gasteiger partial charge >= 0.3 is 5.97 Å². The molecule has 0 radical (unpaired) electrons. The number of aromatic nitrogens is 1. The van der Waals surface area contributed by atoms with Gasteiger partial charge in [0.05, 0.1) is 6.61 Å². The molecule has 0 aliphatic heterocycles. The smallest absolute Gasteiger partial charge is 0.354 e. The van der Waals surface area contributed by atoms with Crippen molar-refractivity contribution in [1.29, 1.82) is 0 Å². The molecule has 1 aromatic carbocycles. The Morgan fingerprint density at radius 1 is 1.32 bits per heavy atom. The predicted octanol–water partition coefficient (Wildman–Crippen LogP) is 3.63. The van der Waals surface area contributed by atoms with Gasteiger partial charge in [0.1, 0.15) is 5.69 Å². The molecule has 0 spiro atoms. The molecule has 1 aromatic heterocycles. The van der Waals surface area contributed by atoms with Crippen molar-refractivity contribution in [2.45, 2.75) is 20.4 Å². The maximum absolute atomic E-state index is 12.0. The molecule has 0 atom stereocenters. The number of carbonyl (C=O) groups excluding carboxylic acids is 1. The average Bonchev–Trinajstić information content (AvgIpc) is 2.69. The predicted molar refractivity (Wildman–Crippen MR) is 83.4 cm³/mol. The van der Waals surface area contributed by atoms with E-state index in [9.17, 15) is 4.79 Å². The molecule has 0 aliphatic rings. The summed E-state index contributed by atoms with van der Waals surface area (Å²) in [5.74, 6) is -0.260. The maximum Gasteiger partial charge on any atom is 0.354 e. The van der Waals surface area contributed by atoms with Crippen molar-refractivity contribution in [3.63, 3.8) is 0 Å². The maximum atomic E-state index is 12.0. The minimum atomic E-state index is -0.260. The second-order valence-corrected chi connectivity index (χ2v) is 5.42. The van der Waals surface area contributed by atoms with Crippen LogP contribution in [-0.2, 0) is 11.3 Å². The van der Waals surface area contributed by atoms with Gasteiger partial charge in [-0.1, -0.05) is 30.3 Å². The number of rotatable bonds is 4. The van der Waals surface area contributed by atoms with Crippen LogP contribution < -0.4 is 0 Å². The molecule has 100 valence electrons. The van der Waals surface area contributed by atoms with Crippen LogP contribution in [0.25, 0.3) is 0 Å². The van der Waals surface area contributed by atoms with Gasteiger partial charge in [0, 0.05) is 15.8 Å². The van der Waals surface area contributed by atoms with Crippen molar-refractivity contribution in [1.82, 2.24) is 4.57 Å². The van der Waals surface area contributed by atoms with Crippen LogP contribution in [0, 0.1) is 10.5 Å². The second kappa shape index (κ2) is 6.23. The molecular formula is C15H16INO2. The molecule has 0 saturated carbocycles. The first-order valence-electron chi connectivity index (χ1n) is 6.20. The number of nitrogens with zero attached hydrogens (tertiary/aromatic N) is 1. The van der Waals surface area contributed by atoms with Gasteiger partial charge in [-0.3, -0.25) is 0 Å². The number of benzene rings is 1. The largest absolute Gasteiger partial charge is 0.461 e. The van der Waals surface area contributed by atoms with Gasteiger partial charge in [0.25, 0.3) is 0 Å². The van der Waals surface area contributed by atoms with Crippen LogP contribution in [0.3, 0.4) is 0 Å². The molecule has 4 heteroatoms. The Morgan fingerprint density at radius 2 is 2.00 bits per heavy atom. The van der Waals surface area contributed by atoms with Gasteiger partial charge in [-0.2, -0.15) is 0 Å². The SMILES string of the molecule is CCOC(=O)c1cc(I)c(C)n1Cc1ccccc1. The summed E-state index contributed by atoms with van der Waals surface area (Å²) in [6.07, 6.45) is 0. The molecule has 3 nitrogen and oxygen atoms in total. The van der Waals surface area contributed by atoms with Gasteiger partial charge in [0.15, 0.2) is 0 Å². The van der Waals surface area contributed by atoms with E-state index in [2.05, 4.69) is 34.7 Å². The van der Waals surface area contributed by atoms with Gasteiger partial charge in [-0.05, 0) is 48.1 Å². The topological polar surface area (TPSA) is 31.2 Å². The van der Waals surface area contributed by atoms with E-state index in [4.69, 9.17) is 4.74 Å². The highest BCUT2D eigenvalue weighted by Crippen LogP contribution is 2.20. The molecule has 1 heterocycles. The van der Waals surface area contributed by atoms with Gasteiger partial charge in [-0.25, -0.2) is 4.79 Å². The molecule has 19 heavy (non-hydrogen) atoms. The van der Waals surface area contributed by atoms with Gasteiger partial charge < -0.3 is 9.30 Å². The number of hydrogen-bond donors (Lipinski definition) is 0. The summed E-state index contributed by atoms with van der Waals surface area (Å²) in [7, 11) is 0. The standard InChI is InChI=1S/C15H16INO2/c1-3-19-15(18)14-9-13(16)11(2)17(14)10-12-7-5-4-6-8-12/h4-9H,3,10H2,1-2H3. The number of carbonyl (C=O) groups is 1. The Kier molecular flexibility index (Phi) is 4.63. The summed E-state index contributed by atoms with van der Waals surface area (Å²) in [5, 5.41) is 0. The third-order valence-electron chi connectivity index (χ3n) is 2.97. The summed E-state index contributed by atoms with van der Waals surface area (Å²) >= 11 is 2.25. The van der Waals surface area contributed by atoms with E-state index in [1.54, 1.807) is 0 Å². The Morgan fingerprint density at radius 3 is 2.63 bits per heavy atom. The van der Waals surface area contributed by atoms with Crippen LogP contribution >= 0.6 is 22.6 Å². The van der Waals surface area contributed by atoms with E-state index in [1.807, 2.05) is 42.7 Å². The molecule has 2 rings (SSSR count). The van der Waals surface area contributed by atoms with E-state index in [0.29, 0.717) is 18.8 Å². The van der Waals surface area contributed by atoms with Crippen LogP contribution in [0.1, 0.15) is 28.7 Å². The fraction of sp³-hybridized carbons (Fsp3) is 0.267. The molecule has 0 fully saturated rings. The van der Waals surface area contributed by atoms with Crippen molar-refractivity contribution in [3.8, 4) is 0 Å². The Bertz CT molecular complexity index is 575. The lowest BCUT2D eigenvalue weighted by Crippen LogP contribution is -2.13. The molecule has 0 saturated heterocycles. The monoisotopic (exact) mass is 369 g/mol. The first-order chi connectivity index (χ1) is 9.13. The summed E-state index contributed by atoms with van der Waals surface area (Å²) in [6.45, 7) is 4.92. The van der Waals surface area contributed by atoms with Crippen LogP contribution in [0.5, 0.6) is 0 Å². The van der Waals surface area contributed by atoms with E-state index in [1.165, 1.54) is 5.56 Å². The average molecular weight is 369 g/mol. The Balaban J connectivity index is 2.36. The second-order valence-electron chi connectivity index (χ2n) is 4.26. The quantitative estimate of drug-likeness (QED) is 0.609. The Hall–Kier alpha value is -1.30. The zero-order valence-corrected chi connectivity index (χ0v) is 13.2. The highest BCUT2D eigenvalue weighted by Gasteiger charge is 2.17. The lowest BCUT2D eigenvalue weighted by Gasteiger charge is -2.11. The summed E-state index contributed by atoms with van der Waals surface area (Å²) in [4.78, 5) is 12.0. The third-order valence-corrected chi connectivity index (χ3v) is 4.06. The van der Waals surface area contributed by atoms with Crippen molar-refractivity contribution in [3.05, 3.63) is 56.9 Å². The van der Waals surface area contributed by atoms with Gasteiger partial charge in [0.2, 0.25) is 0 Å². The normalized spacial score (nSPS) is 10.5. The van der Waals surface area contributed by atoms with Crippen molar-refractivity contribution in [2.24, 2.45) is 0 Å². The molecule has 0 N–H and O–H groups in total. The number of hydrogen-bond acceptors (Lipinski definition) is 2. The van der Waals surface area contributed by atoms with Crippen LogP contribution in [0.2, 0.25) is 0 Å². The first-order valence-corrected chi connectivity index (χ1v) is 7.28. The summed E-state index contributed by atoms with van der Waals surface area (Å²) < 4.78 is 8.20. The molecule has 0 amide bonds. The zero-order valence-electron chi connectivity index (χ0n) is 11.0.